The lowest BCUT2D eigenvalue weighted by Gasteiger charge is -2.16. The number of methoxy groups -OCH3 is 3. The van der Waals surface area contributed by atoms with Gasteiger partial charge in [0.2, 0.25) is 5.55 Å². The predicted octanol–water partition coefficient (Wildman–Crippen LogP) is 2.38. The van der Waals surface area contributed by atoms with Gasteiger partial charge in [0, 0.05) is 22.9 Å². The van der Waals surface area contributed by atoms with E-state index in [1.165, 1.54) is 21.3 Å². The Kier molecular flexibility index (Phi) is 4.72. The number of benzene rings is 1. The van der Waals surface area contributed by atoms with Crippen LogP contribution in [0.15, 0.2) is 33.5 Å². The molecule has 0 radical (unpaired) electrons. The van der Waals surface area contributed by atoms with E-state index in [0.717, 1.165) is 0 Å². The summed E-state index contributed by atoms with van der Waals surface area (Å²) in [5.41, 5.74) is 0.272. The van der Waals surface area contributed by atoms with Crippen LogP contribution in [0.2, 0.25) is 0 Å². The van der Waals surface area contributed by atoms with Crippen molar-refractivity contribution in [1.29, 1.82) is 5.41 Å². The highest BCUT2D eigenvalue weighted by atomic mass is 16.5. The molecule has 2 N–H and O–H groups in total. The first kappa shape index (κ1) is 18.2. The second-order valence-corrected chi connectivity index (χ2v) is 5.73. The van der Waals surface area contributed by atoms with Crippen LogP contribution in [0, 0.1) is 12.3 Å². The maximum absolute atomic E-state index is 12.7. The van der Waals surface area contributed by atoms with Crippen LogP contribution < -0.4 is 20.6 Å². The molecule has 0 aliphatic carbocycles. The minimum absolute atomic E-state index is 0.114. The maximum Gasteiger partial charge on any atom is 0.344 e. The lowest BCUT2D eigenvalue weighted by atomic mass is 9.96. The highest BCUT2D eigenvalue weighted by molar-refractivity contribution is 6.06. The van der Waals surface area contributed by atoms with Gasteiger partial charge in [-0.3, -0.25) is 10.2 Å². The van der Waals surface area contributed by atoms with Crippen molar-refractivity contribution < 1.29 is 23.4 Å². The predicted molar refractivity (Wildman–Crippen MR) is 97.3 cm³/mol. The van der Waals surface area contributed by atoms with E-state index in [1.54, 1.807) is 31.2 Å². The molecule has 8 nitrogen and oxygen atoms in total. The van der Waals surface area contributed by atoms with E-state index in [0.29, 0.717) is 22.8 Å². The van der Waals surface area contributed by atoms with Gasteiger partial charge in [0.15, 0.2) is 11.5 Å². The van der Waals surface area contributed by atoms with Crippen LogP contribution in [0.25, 0.3) is 22.1 Å². The molecular weight excluding hydrogens is 352 g/mol. The maximum atomic E-state index is 12.7. The fourth-order valence-corrected chi connectivity index (χ4v) is 3.03. The summed E-state index contributed by atoms with van der Waals surface area (Å²) in [6, 6.07) is 6.64. The molecule has 3 aromatic rings. The Morgan fingerprint density at radius 2 is 1.93 bits per heavy atom. The van der Waals surface area contributed by atoms with Crippen LogP contribution in [-0.4, -0.2) is 32.3 Å². The van der Waals surface area contributed by atoms with Gasteiger partial charge >= 0.3 is 5.97 Å². The zero-order valence-corrected chi connectivity index (χ0v) is 15.3. The Labute approximate surface area is 153 Å². The third-order valence-corrected chi connectivity index (χ3v) is 4.13. The van der Waals surface area contributed by atoms with Crippen molar-refractivity contribution in [3.8, 4) is 22.6 Å². The number of nitrogens with one attached hydrogen (secondary N) is 2. The molecule has 2 aromatic heterocycles. The molecule has 0 aliphatic rings. The van der Waals surface area contributed by atoms with Gasteiger partial charge < -0.3 is 23.6 Å². The van der Waals surface area contributed by atoms with Crippen molar-refractivity contribution >= 4 is 16.9 Å². The lowest BCUT2D eigenvalue weighted by Crippen LogP contribution is -2.21. The summed E-state index contributed by atoms with van der Waals surface area (Å²) >= 11 is 0. The molecular formula is C19H18N2O6. The molecule has 140 valence electrons. The first-order chi connectivity index (χ1) is 12.9. The highest BCUT2D eigenvalue weighted by Crippen LogP contribution is 2.41. The first-order valence-corrected chi connectivity index (χ1v) is 7.97. The summed E-state index contributed by atoms with van der Waals surface area (Å²) < 4.78 is 21.0. The molecule has 0 unspecified atom stereocenters. The van der Waals surface area contributed by atoms with E-state index in [2.05, 4.69) is 4.98 Å². The number of para-hydroxylation sites is 1. The van der Waals surface area contributed by atoms with Gasteiger partial charge in [0.05, 0.1) is 26.7 Å². The van der Waals surface area contributed by atoms with Crippen molar-refractivity contribution in [3.63, 3.8) is 0 Å². The molecule has 2 heterocycles. The van der Waals surface area contributed by atoms with Crippen molar-refractivity contribution in [3.05, 3.63) is 51.4 Å². The van der Waals surface area contributed by atoms with Gasteiger partial charge in [0.25, 0.3) is 5.56 Å². The summed E-state index contributed by atoms with van der Waals surface area (Å²) in [5, 5.41) is 8.31. The minimum atomic E-state index is -0.800. The van der Waals surface area contributed by atoms with Gasteiger partial charge in [-0.15, -0.1) is 0 Å². The number of aryl methyl sites for hydroxylation is 1. The summed E-state index contributed by atoms with van der Waals surface area (Å²) in [6.07, 6.45) is 0. The molecule has 3 rings (SSSR count). The molecule has 1 aromatic carbocycles. The highest BCUT2D eigenvalue weighted by Gasteiger charge is 2.26. The molecule has 0 aliphatic heterocycles. The number of rotatable bonds is 4. The fraction of sp³-hybridized carbons (Fsp3) is 0.211. The van der Waals surface area contributed by atoms with E-state index >= 15 is 0 Å². The van der Waals surface area contributed by atoms with Crippen molar-refractivity contribution in [2.24, 2.45) is 0 Å². The third-order valence-electron chi connectivity index (χ3n) is 4.13. The number of H-pyrrole nitrogens is 1. The van der Waals surface area contributed by atoms with Gasteiger partial charge in [-0.25, -0.2) is 4.79 Å². The second-order valence-electron chi connectivity index (χ2n) is 5.73. The van der Waals surface area contributed by atoms with Crippen molar-refractivity contribution in [2.45, 2.75) is 6.92 Å². The number of aromatic nitrogens is 1. The lowest BCUT2D eigenvalue weighted by molar-refractivity contribution is 0.0596. The van der Waals surface area contributed by atoms with Gasteiger partial charge in [-0.05, 0) is 13.0 Å². The number of hydrogen-bond acceptors (Lipinski definition) is 7. The Balaban J connectivity index is 2.60. The molecule has 0 atom stereocenters. The number of aromatic amines is 1. The van der Waals surface area contributed by atoms with Crippen LogP contribution in [0.3, 0.4) is 0 Å². The molecule has 8 heteroatoms. The number of hydrogen-bond donors (Lipinski definition) is 2. The number of carbonyl (C=O) groups is 1. The van der Waals surface area contributed by atoms with Crippen LogP contribution in [0.4, 0.5) is 0 Å². The number of pyridine rings is 1. The Hall–Kier alpha value is -3.55. The average Bonchev–Trinajstić information content (AvgIpc) is 2.65. The summed E-state index contributed by atoms with van der Waals surface area (Å²) in [7, 11) is 4.12. The topological polar surface area (TPSA) is 115 Å². The van der Waals surface area contributed by atoms with Crippen LogP contribution in [-0.2, 0) is 4.74 Å². The normalized spacial score (nSPS) is 10.7. The molecule has 0 saturated heterocycles. The van der Waals surface area contributed by atoms with Gasteiger partial charge in [0.1, 0.15) is 11.1 Å². The summed E-state index contributed by atoms with van der Waals surface area (Å²) in [5.74, 6) is -0.0719. The van der Waals surface area contributed by atoms with Crippen molar-refractivity contribution in [1.82, 2.24) is 4.98 Å². The number of carbonyl (C=O) groups excluding carboxylic acids is 1. The van der Waals surface area contributed by atoms with Crippen LogP contribution >= 0.6 is 0 Å². The zero-order chi connectivity index (χ0) is 19.7. The number of fused-ring (bicyclic) bond motifs is 1. The quantitative estimate of drug-likeness (QED) is 0.682. The smallest absolute Gasteiger partial charge is 0.344 e. The van der Waals surface area contributed by atoms with E-state index in [9.17, 15) is 9.59 Å². The molecule has 0 spiro atoms. The number of ether oxygens (including phenoxy) is 3. The fourth-order valence-electron chi connectivity index (χ4n) is 3.03. The Morgan fingerprint density at radius 3 is 2.56 bits per heavy atom. The summed E-state index contributed by atoms with van der Waals surface area (Å²) in [4.78, 5) is 27.8. The number of esters is 1. The molecule has 0 fully saturated rings. The zero-order valence-electron chi connectivity index (χ0n) is 15.3. The Morgan fingerprint density at radius 1 is 1.19 bits per heavy atom. The average molecular weight is 370 g/mol. The largest absolute Gasteiger partial charge is 0.493 e. The van der Waals surface area contributed by atoms with Gasteiger partial charge in [-0.1, -0.05) is 12.1 Å². The third kappa shape index (κ3) is 2.95. The van der Waals surface area contributed by atoms with Crippen molar-refractivity contribution in [2.75, 3.05) is 21.3 Å². The summed E-state index contributed by atoms with van der Waals surface area (Å²) in [6.45, 7) is 1.69. The van der Waals surface area contributed by atoms with E-state index in [4.69, 9.17) is 24.0 Å². The molecule has 0 saturated carbocycles. The first-order valence-electron chi connectivity index (χ1n) is 7.97. The molecule has 0 bridgehead atoms. The molecule has 27 heavy (non-hydrogen) atoms. The van der Waals surface area contributed by atoms with Crippen LogP contribution in [0.5, 0.6) is 11.5 Å². The molecule has 0 amide bonds. The van der Waals surface area contributed by atoms with E-state index in [-0.39, 0.29) is 22.1 Å². The minimum Gasteiger partial charge on any atom is -0.493 e. The SMILES string of the molecule is COC(=O)c1c(-c2cccc(OC)c2OC)c2c(=O)[nH]c(C)cc2oc1=N. The monoisotopic (exact) mass is 370 g/mol. The van der Waals surface area contributed by atoms with Gasteiger partial charge in [-0.2, -0.15) is 0 Å². The second kappa shape index (κ2) is 6.99. The van der Waals surface area contributed by atoms with Crippen LogP contribution in [0.1, 0.15) is 16.1 Å². The Bertz CT molecular complexity index is 1160. The standard InChI is InChI=1S/C19H18N2O6/c1-9-8-12-14(18(22)21-9)13(15(17(20)27-12)19(23)26-4)10-6-5-7-11(24-2)16(10)25-3/h5-8,20H,1-4H3,(H,21,22). The van der Waals surface area contributed by atoms with E-state index in [1.807, 2.05) is 0 Å². The van der Waals surface area contributed by atoms with E-state index < -0.39 is 17.1 Å².